The molecule has 96 valence electrons. The van der Waals surface area contributed by atoms with Crippen molar-refractivity contribution in [3.63, 3.8) is 0 Å². The number of aryl methyl sites for hydroxylation is 1. The molecule has 0 atom stereocenters. The average Bonchev–Trinajstić information content (AvgIpc) is 2.70. The number of anilines is 1. The number of nitrogens with two attached hydrogens (primary N) is 1. The van der Waals surface area contributed by atoms with Gasteiger partial charge in [-0.1, -0.05) is 17.7 Å². The minimum absolute atomic E-state index is 0.282. The van der Waals surface area contributed by atoms with Crippen molar-refractivity contribution in [1.29, 1.82) is 0 Å². The number of hydrogen-bond acceptors (Lipinski definition) is 3. The minimum Gasteiger partial charge on any atom is -0.486 e. The SMILES string of the molecule is Cc1ccc(OCc2ncc(N)n2C(C)C)cc1. The van der Waals surface area contributed by atoms with Crippen LogP contribution in [0, 0.1) is 6.92 Å². The Kier molecular flexibility index (Phi) is 3.55. The zero-order valence-electron chi connectivity index (χ0n) is 11.1. The van der Waals surface area contributed by atoms with Crippen molar-refractivity contribution in [3.8, 4) is 5.75 Å². The van der Waals surface area contributed by atoms with Gasteiger partial charge in [0.05, 0.1) is 6.20 Å². The van der Waals surface area contributed by atoms with E-state index in [1.165, 1.54) is 5.56 Å². The van der Waals surface area contributed by atoms with Crippen LogP contribution < -0.4 is 10.5 Å². The van der Waals surface area contributed by atoms with Gasteiger partial charge in [0.25, 0.3) is 0 Å². The Bertz CT molecular complexity index is 514. The summed E-state index contributed by atoms with van der Waals surface area (Å²) >= 11 is 0. The lowest BCUT2D eigenvalue weighted by molar-refractivity contribution is 0.287. The summed E-state index contributed by atoms with van der Waals surface area (Å²) in [6.07, 6.45) is 1.67. The van der Waals surface area contributed by atoms with E-state index in [-0.39, 0.29) is 6.04 Å². The largest absolute Gasteiger partial charge is 0.486 e. The Balaban J connectivity index is 2.08. The topological polar surface area (TPSA) is 53.1 Å². The van der Waals surface area contributed by atoms with Gasteiger partial charge in [-0.05, 0) is 32.9 Å². The molecule has 4 heteroatoms. The number of benzene rings is 1. The van der Waals surface area contributed by atoms with E-state index in [2.05, 4.69) is 25.8 Å². The van der Waals surface area contributed by atoms with E-state index in [1.54, 1.807) is 6.20 Å². The van der Waals surface area contributed by atoms with E-state index in [0.717, 1.165) is 11.6 Å². The van der Waals surface area contributed by atoms with Gasteiger partial charge in [0.2, 0.25) is 0 Å². The Morgan fingerprint density at radius 3 is 2.56 bits per heavy atom. The second kappa shape index (κ2) is 5.12. The molecule has 0 aliphatic heterocycles. The monoisotopic (exact) mass is 245 g/mol. The number of aromatic nitrogens is 2. The number of nitrogens with zero attached hydrogens (tertiary/aromatic N) is 2. The third-order valence-corrected chi connectivity index (χ3v) is 2.81. The average molecular weight is 245 g/mol. The third kappa shape index (κ3) is 2.64. The van der Waals surface area contributed by atoms with E-state index in [9.17, 15) is 0 Å². The molecule has 4 nitrogen and oxygen atoms in total. The van der Waals surface area contributed by atoms with Crippen LogP contribution >= 0.6 is 0 Å². The lowest BCUT2D eigenvalue weighted by atomic mass is 10.2. The molecule has 2 N–H and O–H groups in total. The zero-order chi connectivity index (χ0) is 13.1. The van der Waals surface area contributed by atoms with Crippen LogP contribution in [-0.2, 0) is 6.61 Å². The Hall–Kier alpha value is -1.97. The van der Waals surface area contributed by atoms with Crippen molar-refractivity contribution in [2.75, 3.05) is 5.73 Å². The van der Waals surface area contributed by atoms with Crippen LogP contribution in [-0.4, -0.2) is 9.55 Å². The van der Waals surface area contributed by atoms with Crippen LogP contribution in [0.2, 0.25) is 0 Å². The molecule has 0 bridgehead atoms. The Morgan fingerprint density at radius 2 is 1.94 bits per heavy atom. The van der Waals surface area contributed by atoms with Crippen molar-refractivity contribution >= 4 is 5.82 Å². The molecular weight excluding hydrogens is 226 g/mol. The zero-order valence-corrected chi connectivity index (χ0v) is 11.1. The quantitative estimate of drug-likeness (QED) is 0.901. The molecule has 0 radical (unpaired) electrons. The van der Waals surface area contributed by atoms with Crippen molar-refractivity contribution < 1.29 is 4.74 Å². The normalized spacial score (nSPS) is 10.9. The first-order valence-electron chi connectivity index (χ1n) is 6.09. The summed E-state index contributed by atoms with van der Waals surface area (Å²) in [5.74, 6) is 2.37. The molecule has 18 heavy (non-hydrogen) atoms. The fourth-order valence-electron chi connectivity index (χ4n) is 1.90. The molecular formula is C14H19N3O. The number of rotatable bonds is 4. The van der Waals surface area contributed by atoms with Gasteiger partial charge < -0.3 is 15.0 Å². The first-order valence-corrected chi connectivity index (χ1v) is 6.09. The molecule has 0 unspecified atom stereocenters. The first kappa shape index (κ1) is 12.5. The maximum Gasteiger partial charge on any atom is 0.148 e. The van der Waals surface area contributed by atoms with E-state index >= 15 is 0 Å². The molecule has 0 aliphatic carbocycles. The van der Waals surface area contributed by atoms with Crippen LogP contribution in [0.5, 0.6) is 5.75 Å². The molecule has 1 aromatic heterocycles. The predicted molar refractivity (Wildman–Crippen MR) is 72.5 cm³/mol. The van der Waals surface area contributed by atoms with Crippen molar-refractivity contribution in [2.45, 2.75) is 33.4 Å². The molecule has 1 heterocycles. The molecule has 0 fully saturated rings. The van der Waals surface area contributed by atoms with Crippen molar-refractivity contribution in [2.24, 2.45) is 0 Å². The molecule has 1 aromatic carbocycles. The summed E-state index contributed by atoms with van der Waals surface area (Å²) in [5.41, 5.74) is 7.09. The van der Waals surface area contributed by atoms with Gasteiger partial charge in [-0.25, -0.2) is 4.98 Å². The smallest absolute Gasteiger partial charge is 0.148 e. The second-order valence-electron chi connectivity index (χ2n) is 4.66. The highest BCUT2D eigenvalue weighted by atomic mass is 16.5. The van der Waals surface area contributed by atoms with Crippen LogP contribution in [0.4, 0.5) is 5.82 Å². The Labute approximate surface area is 107 Å². The molecule has 0 spiro atoms. The summed E-state index contributed by atoms with van der Waals surface area (Å²) < 4.78 is 7.69. The van der Waals surface area contributed by atoms with Crippen LogP contribution in [0.25, 0.3) is 0 Å². The van der Waals surface area contributed by atoms with Gasteiger partial charge in [0, 0.05) is 6.04 Å². The van der Waals surface area contributed by atoms with Crippen molar-refractivity contribution in [1.82, 2.24) is 9.55 Å². The highest BCUT2D eigenvalue weighted by Gasteiger charge is 2.10. The predicted octanol–water partition coefficient (Wildman–Crippen LogP) is 2.93. The lowest BCUT2D eigenvalue weighted by Crippen LogP contribution is -2.11. The first-order chi connectivity index (χ1) is 8.58. The van der Waals surface area contributed by atoms with Gasteiger partial charge in [-0.3, -0.25) is 0 Å². The third-order valence-electron chi connectivity index (χ3n) is 2.81. The summed E-state index contributed by atoms with van der Waals surface area (Å²) in [6.45, 7) is 6.63. The number of hydrogen-bond donors (Lipinski definition) is 1. The van der Waals surface area contributed by atoms with Gasteiger partial charge in [0.1, 0.15) is 24.0 Å². The summed E-state index contributed by atoms with van der Waals surface area (Å²) in [7, 11) is 0. The van der Waals surface area contributed by atoms with Crippen LogP contribution in [0.3, 0.4) is 0 Å². The summed E-state index contributed by atoms with van der Waals surface area (Å²) in [5, 5.41) is 0. The maximum absolute atomic E-state index is 5.88. The Morgan fingerprint density at radius 1 is 1.28 bits per heavy atom. The highest BCUT2D eigenvalue weighted by Crippen LogP contribution is 2.18. The lowest BCUT2D eigenvalue weighted by Gasteiger charge is -2.14. The van der Waals surface area contributed by atoms with Crippen LogP contribution in [0.15, 0.2) is 30.5 Å². The molecule has 0 saturated carbocycles. The van der Waals surface area contributed by atoms with Crippen molar-refractivity contribution in [3.05, 3.63) is 41.9 Å². The molecule has 0 amide bonds. The number of imidazole rings is 1. The fraction of sp³-hybridized carbons (Fsp3) is 0.357. The second-order valence-corrected chi connectivity index (χ2v) is 4.66. The number of nitrogen functional groups attached to an aromatic ring is 1. The molecule has 2 aromatic rings. The summed E-state index contributed by atoms with van der Waals surface area (Å²) in [6, 6.07) is 8.25. The fourth-order valence-corrected chi connectivity index (χ4v) is 1.90. The van der Waals surface area contributed by atoms with E-state index < -0.39 is 0 Å². The minimum atomic E-state index is 0.282. The van der Waals surface area contributed by atoms with E-state index in [0.29, 0.717) is 12.4 Å². The maximum atomic E-state index is 5.88. The molecule has 0 saturated heterocycles. The molecule has 0 aliphatic rings. The van der Waals surface area contributed by atoms with E-state index in [4.69, 9.17) is 10.5 Å². The van der Waals surface area contributed by atoms with Crippen LogP contribution in [0.1, 0.15) is 31.3 Å². The van der Waals surface area contributed by atoms with E-state index in [1.807, 2.05) is 28.8 Å². The van der Waals surface area contributed by atoms with Gasteiger partial charge in [-0.15, -0.1) is 0 Å². The number of ether oxygens (including phenoxy) is 1. The molecule has 2 rings (SSSR count). The van der Waals surface area contributed by atoms with Gasteiger partial charge in [-0.2, -0.15) is 0 Å². The van der Waals surface area contributed by atoms with Gasteiger partial charge >= 0.3 is 0 Å². The standard InChI is InChI=1S/C14H19N3O/c1-10(2)17-13(15)8-16-14(17)9-18-12-6-4-11(3)5-7-12/h4-8,10H,9,15H2,1-3H3. The highest BCUT2D eigenvalue weighted by molar-refractivity contribution is 5.29. The summed E-state index contributed by atoms with van der Waals surface area (Å²) in [4.78, 5) is 4.28. The van der Waals surface area contributed by atoms with Gasteiger partial charge in [0.15, 0.2) is 0 Å².